The van der Waals surface area contributed by atoms with Crippen LogP contribution in [0.25, 0.3) is 10.9 Å². The fourth-order valence-corrected chi connectivity index (χ4v) is 2.50. The van der Waals surface area contributed by atoms with Crippen LogP contribution in [0.5, 0.6) is 0 Å². The number of carbonyl (C=O) groups excluding carboxylic acids is 1. The molecule has 0 bridgehead atoms. The van der Waals surface area contributed by atoms with Gasteiger partial charge in [-0.1, -0.05) is 6.07 Å². The lowest BCUT2D eigenvalue weighted by atomic mass is 10.1. The fraction of sp³-hybridized carbons (Fsp3) is 0.111. The maximum absolute atomic E-state index is 12.7. The maximum atomic E-state index is 12.7. The zero-order valence-corrected chi connectivity index (χ0v) is 13.1. The van der Waals surface area contributed by atoms with E-state index in [0.717, 1.165) is 12.1 Å². The van der Waals surface area contributed by atoms with Gasteiger partial charge in [0.15, 0.2) is 5.43 Å². The first-order chi connectivity index (χ1) is 11.7. The SMILES string of the molecule is Cc1cc(=O)c2cc(C(=O)Nc3cccc(C(F)(F)F)c3)ccc2[nH]1. The number of amides is 1. The second kappa shape index (κ2) is 6.08. The Morgan fingerprint density at radius 2 is 1.84 bits per heavy atom. The summed E-state index contributed by atoms with van der Waals surface area (Å²) >= 11 is 0. The third-order valence-electron chi connectivity index (χ3n) is 3.67. The molecule has 0 aliphatic heterocycles. The summed E-state index contributed by atoms with van der Waals surface area (Å²) in [5.74, 6) is -0.596. The fourth-order valence-electron chi connectivity index (χ4n) is 2.50. The minimum absolute atomic E-state index is 0.0257. The number of hydrogen-bond donors (Lipinski definition) is 2. The summed E-state index contributed by atoms with van der Waals surface area (Å²) in [5, 5.41) is 2.75. The van der Waals surface area contributed by atoms with E-state index in [-0.39, 0.29) is 16.7 Å². The van der Waals surface area contributed by atoms with E-state index in [4.69, 9.17) is 0 Å². The molecule has 1 heterocycles. The number of anilines is 1. The van der Waals surface area contributed by atoms with Crippen molar-refractivity contribution in [3.8, 4) is 0 Å². The summed E-state index contributed by atoms with van der Waals surface area (Å²) in [5.41, 5.74) is 0.395. The van der Waals surface area contributed by atoms with Crippen molar-refractivity contribution < 1.29 is 18.0 Å². The van der Waals surface area contributed by atoms with Crippen LogP contribution >= 0.6 is 0 Å². The number of halogens is 3. The van der Waals surface area contributed by atoms with Gasteiger partial charge in [-0.2, -0.15) is 13.2 Å². The highest BCUT2D eigenvalue weighted by atomic mass is 19.4. The average Bonchev–Trinajstić information content (AvgIpc) is 2.54. The van der Waals surface area contributed by atoms with Gasteiger partial charge in [-0.3, -0.25) is 9.59 Å². The van der Waals surface area contributed by atoms with Gasteiger partial charge in [0.2, 0.25) is 0 Å². The third kappa shape index (κ3) is 3.55. The van der Waals surface area contributed by atoms with E-state index in [1.54, 1.807) is 13.0 Å². The number of hydrogen-bond acceptors (Lipinski definition) is 2. The van der Waals surface area contributed by atoms with E-state index < -0.39 is 17.6 Å². The molecule has 0 atom stereocenters. The molecule has 0 saturated heterocycles. The van der Waals surface area contributed by atoms with Crippen molar-refractivity contribution in [2.45, 2.75) is 13.1 Å². The Morgan fingerprint density at radius 3 is 2.56 bits per heavy atom. The molecule has 3 aromatic rings. The Labute approximate surface area is 140 Å². The van der Waals surface area contributed by atoms with Crippen LogP contribution in [0, 0.1) is 6.92 Å². The van der Waals surface area contributed by atoms with Gasteiger partial charge < -0.3 is 10.3 Å². The zero-order valence-electron chi connectivity index (χ0n) is 13.1. The van der Waals surface area contributed by atoms with Crippen LogP contribution in [0.4, 0.5) is 18.9 Å². The van der Waals surface area contributed by atoms with Gasteiger partial charge in [0.1, 0.15) is 0 Å². The van der Waals surface area contributed by atoms with E-state index in [9.17, 15) is 22.8 Å². The number of carbonyl (C=O) groups is 1. The molecule has 7 heteroatoms. The molecule has 0 radical (unpaired) electrons. The van der Waals surface area contributed by atoms with Gasteiger partial charge in [-0.25, -0.2) is 0 Å². The zero-order chi connectivity index (χ0) is 18.2. The van der Waals surface area contributed by atoms with Crippen molar-refractivity contribution in [1.29, 1.82) is 0 Å². The average molecular weight is 346 g/mol. The summed E-state index contributed by atoms with van der Waals surface area (Å²) < 4.78 is 38.2. The van der Waals surface area contributed by atoms with Crippen LogP contribution in [0.3, 0.4) is 0 Å². The predicted molar refractivity (Wildman–Crippen MR) is 88.7 cm³/mol. The highest BCUT2D eigenvalue weighted by Gasteiger charge is 2.30. The molecule has 2 aromatic carbocycles. The van der Waals surface area contributed by atoms with Crippen LogP contribution in [-0.2, 0) is 6.18 Å². The van der Waals surface area contributed by atoms with Gasteiger partial charge >= 0.3 is 6.18 Å². The summed E-state index contributed by atoms with van der Waals surface area (Å²) in [6.07, 6.45) is -4.49. The monoisotopic (exact) mass is 346 g/mol. The molecule has 0 aliphatic carbocycles. The Morgan fingerprint density at radius 1 is 1.08 bits per heavy atom. The van der Waals surface area contributed by atoms with E-state index >= 15 is 0 Å². The molecule has 0 fully saturated rings. The molecule has 1 aromatic heterocycles. The summed E-state index contributed by atoms with van der Waals surface area (Å²) in [7, 11) is 0. The van der Waals surface area contributed by atoms with Gasteiger partial charge in [0.25, 0.3) is 5.91 Å². The van der Waals surface area contributed by atoms with E-state index in [1.807, 2.05) is 0 Å². The number of aromatic nitrogens is 1. The Kier molecular flexibility index (Phi) is 4.08. The van der Waals surface area contributed by atoms with Crippen LogP contribution < -0.4 is 10.7 Å². The van der Waals surface area contributed by atoms with Crippen LogP contribution in [-0.4, -0.2) is 10.9 Å². The molecule has 0 aliphatic rings. The van der Waals surface area contributed by atoms with Gasteiger partial charge in [-0.15, -0.1) is 0 Å². The van der Waals surface area contributed by atoms with Crippen molar-refractivity contribution in [1.82, 2.24) is 4.98 Å². The molecule has 1 amide bonds. The van der Waals surface area contributed by atoms with Crippen LogP contribution in [0.1, 0.15) is 21.6 Å². The highest BCUT2D eigenvalue weighted by molar-refractivity contribution is 6.06. The summed E-state index contributed by atoms with van der Waals surface area (Å²) in [4.78, 5) is 27.3. The van der Waals surface area contributed by atoms with Crippen LogP contribution in [0.15, 0.2) is 53.3 Å². The quantitative estimate of drug-likeness (QED) is 0.734. The number of fused-ring (bicyclic) bond motifs is 1. The minimum atomic E-state index is -4.49. The number of alkyl halides is 3. The maximum Gasteiger partial charge on any atom is 0.416 e. The number of aromatic amines is 1. The minimum Gasteiger partial charge on any atom is -0.358 e. The van der Waals surface area contributed by atoms with Crippen molar-refractivity contribution in [2.75, 3.05) is 5.32 Å². The largest absolute Gasteiger partial charge is 0.416 e. The Hall–Kier alpha value is -3.09. The molecule has 0 saturated carbocycles. The predicted octanol–water partition coefficient (Wildman–Crippen LogP) is 4.11. The number of nitrogens with one attached hydrogen (secondary N) is 2. The third-order valence-corrected chi connectivity index (χ3v) is 3.67. The molecule has 3 rings (SSSR count). The molecular weight excluding hydrogens is 333 g/mol. The number of benzene rings is 2. The van der Waals surface area contributed by atoms with Crippen molar-refractivity contribution in [3.05, 3.63) is 75.6 Å². The topological polar surface area (TPSA) is 62.0 Å². The molecule has 2 N–H and O–H groups in total. The highest BCUT2D eigenvalue weighted by Crippen LogP contribution is 2.30. The first-order valence-electron chi connectivity index (χ1n) is 7.36. The van der Waals surface area contributed by atoms with Crippen molar-refractivity contribution >= 4 is 22.5 Å². The number of H-pyrrole nitrogens is 1. The summed E-state index contributed by atoms with van der Waals surface area (Å²) in [6, 6.07) is 10.3. The normalized spacial score (nSPS) is 11.5. The first kappa shape index (κ1) is 16.8. The van der Waals surface area contributed by atoms with Gasteiger partial charge in [-0.05, 0) is 43.3 Å². The molecule has 0 spiro atoms. The lowest BCUT2D eigenvalue weighted by Gasteiger charge is -2.10. The number of aryl methyl sites for hydroxylation is 1. The second-order valence-corrected chi connectivity index (χ2v) is 5.61. The standard InChI is InChI=1S/C18H13F3N2O2/c1-10-7-16(24)14-8-11(5-6-15(14)22-10)17(25)23-13-4-2-3-12(9-13)18(19,20)21/h2-9H,1H3,(H,22,24)(H,23,25). The van der Waals surface area contributed by atoms with Crippen molar-refractivity contribution in [2.24, 2.45) is 0 Å². The van der Waals surface area contributed by atoms with E-state index in [0.29, 0.717) is 16.6 Å². The van der Waals surface area contributed by atoms with E-state index in [1.165, 1.54) is 30.3 Å². The molecule has 0 unspecified atom stereocenters. The van der Waals surface area contributed by atoms with E-state index in [2.05, 4.69) is 10.3 Å². The molecule has 128 valence electrons. The molecule has 25 heavy (non-hydrogen) atoms. The number of pyridine rings is 1. The van der Waals surface area contributed by atoms with Gasteiger partial charge in [0, 0.05) is 33.9 Å². The number of rotatable bonds is 2. The van der Waals surface area contributed by atoms with Gasteiger partial charge in [0.05, 0.1) is 5.56 Å². The Balaban J connectivity index is 1.92. The molecular formula is C18H13F3N2O2. The van der Waals surface area contributed by atoms with Crippen molar-refractivity contribution in [3.63, 3.8) is 0 Å². The molecule has 4 nitrogen and oxygen atoms in total. The Bertz CT molecular complexity index is 1020. The summed E-state index contributed by atoms with van der Waals surface area (Å²) in [6.45, 7) is 1.75. The van der Waals surface area contributed by atoms with Crippen LogP contribution in [0.2, 0.25) is 0 Å². The first-order valence-corrected chi connectivity index (χ1v) is 7.36. The second-order valence-electron chi connectivity index (χ2n) is 5.61. The lowest BCUT2D eigenvalue weighted by molar-refractivity contribution is -0.137. The smallest absolute Gasteiger partial charge is 0.358 e. The lowest BCUT2D eigenvalue weighted by Crippen LogP contribution is -2.14.